The molecule has 0 radical (unpaired) electrons. The molecular weight excluding hydrogens is 302 g/mol. The van der Waals surface area contributed by atoms with E-state index in [2.05, 4.69) is 14.5 Å². The monoisotopic (exact) mass is 323 g/mol. The van der Waals surface area contributed by atoms with Crippen LogP contribution in [0.3, 0.4) is 0 Å². The quantitative estimate of drug-likeness (QED) is 0.727. The Labute approximate surface area is 140 Å². The molecule has 1 atom stereocenters. The van der Waals surface area contributed by atoms with Crippen molar-refractivity contribution < 1.29 is 4.79 Å². The van der Waals surface area contributed by atoms with Crippen molar-refractivity contribution in [1.82, 2.24) is 23.8 Å². The van der Waals surface area contributed by atoms with Crippen LogP contribution in [0.2, 0.25) is 0 Å². The lowest BCUT2D eigenvalue weighted by Gasteiger charge is -2.15. The molecule has 6 nitrogen and oxygen atoms in total. The predicted octanol–water partition coefficient (Wildman–Crippen LogP) is 2.31. The molecule has 4 rings (SSSR count). The Balaban J connectivity index is 1.56. The van der Waals surface area contributed by atoms with Crippen molar-refractivity contribution in [3.8, 4) is 0 Å². The van der Waals surface area contributed by atoms with Crippen molar-refractivity contribution in [2.75, 3.05) is 13.1 Å². The third kappa shape index (κ3) is 2.38. The van der Waals surface area contributed by atoms with Gasteiger partial charge in [-0.25, -0.2) is 9.97 Å². The van der Waals surface area contributed by atoms with Crippen LogP contribution >= 0.6 is 0 Å². The Morgan fingerprint density at radius 3 is 2.75 bits per heavy atom. The van der Waals surface area contributed by atoms with E-state index in [0.29, 0.717) is 18.2 Å². The highest BCUT2D eigenvalue weighted by molar-refractivity contribution is 5.93. The number of rotatable bonds is 2. The number of nitrogens with zero attached hydrogens (tertiary/aromatic N) is 5. The average Bonchev–Trinajstić information content (AvgIpc) is 3.25. The zero-order valence-electron chi connectivity index (χ0n) is 14.2. The van der Waals surface area contributed by atoms with E-state index >= 15 is 0 Å². The normalized spacial score (nSPS) is 17.8. The van der Waals surface area contributed by atoms with E-state index in [0.717, 1.165) is 35.8 Å². The molecule has 24 heavy (non-hydrogen) atoms. The molecule has 0 unspecified atom stereocenters. The van der Waals surface area contributed by atoms with E-state index in [1.165, 1.54) is 0 Å². The summed E-state index contributed by atoms with van der Waals surface area (Å²) >= 11 is 0. The van der Waals surface area contributed by atoms with Crippen LogP contribution in [0.1, 0.15) is 40.0 Å². The summed E-state index contributed by atoms with van der Waals surface area (Å²) in [6.45, 7) is 5.47. The molecule has 0 spiro atoms. The summed E-state index contributed by atoms with van der Waals surface area (Å²) < 4.78 is 4.03. The molecule has 1 saturated heterocycles. The smallest absolute Gasteiger partial charge is 0.274 e. The molecule has 3 aromatic rings. The number of carbonyl (C=O) groups excluding carboxylic acids is 1. The van der Waals surface area contributed by atoms with Gasteiger partial charge in [0.1, 0.15) is 17.2 Å². The summed E-state index contributed by atoms with van der Waals surface area (Å²) in [6, 6.07) is 5.90. The Morgan fingerprint density at radius 1 is 1.21 bits per heavy atom. The van der Waals surface area contributed by atoms with Crippen LogP contribution in [-0.4, -0.2) is 42.8 Å². The Kier molecular flexibility index (Phi) is 3.40. The van der Waals surface area contributed by atoms with Crippen molar-refractivity contribution in [1.29, 1.82) is 0 Å². The van der Waals surface area contributed by atoms with Gasteiger partial charge in [-0.3, -0.25) is 4.79 Å². The number of hydrogen-bond acceptors (Lipinski definition) is 3. The van der Waals surface area contributed by atoms with Gasteiger partial charge in [-0.15, -0.1) is 0 Å². The fraction of sp³-hybridized carbons (Fsp3) is 0.389. The number of aromatic nitrogens is 4. The van der Waals surface area contributed by atoms with Gasteiger partial charge in [-0.05, 0) is 32.4 Å². The molecule has 1 fully saturated rings. The molecule has 0 aromatic carbocycles. The first-order valence-corrected chi connectivity index (χ1v) is 8.27. The van der Waals surface area contributed by atoms with Gasteiger partial charge >= 0.3 is 0 Å². The molecule has 0 aliphatic carbocycles. The lowest BCUT2D eigenvalue weighted by Crippen LogP contribution is -2.29. The number of carbonyl (C=O) groups is 1. The SMILES string of the molecule is Cc1cn(C)c([C@@H]2CCN(C(=O)c3cn4c(C)cccc4n3)C2)n1. The van der Waals surface area contributed by atoms with Gasteiger partial charge in [-0.1, -0.05) is 6.07 Å². The fourth-order valence-electron chi connectivity index (χ4n) is 3.58. The average molecular weight is 323 g/mol. The molecule has 3 aromatic heterocycles. The largest absolute Gasteiger partial charge is 0.337 e. The maximum absolute atomic E-state index is 12.8. The van der Waals surface area contributed by atoms with Crippen molar-refractivity contribution in [3.05, 3.63) is 53.5 Å². The molecule has 1 aliphatic heterocycles. The third-order valence-corrected chi connectivity index (χ3v) is 4.79. The minimum absolute atomic E-state index is 0.00605. The van der Waals surface area contributed by atoms with Gasteiger partial charge in [0.05, 0.1) is 5.69 Å². The molecule has 6 heteroatoms. The van der Waals surface area contributed by atoms with Crippen molar-refractivity contribution in [2.45, 2.75) is 26.2 Å². The van der Waals surface area contributed by atoms with Crippen LogP contribution in [0.15, 0.2) is 30.6 Å². The molecule has 0 bridgehead atoms. The summed E-state index contributed by atoms with van der Waals surface area (Å²) in [4.78, 5) is 23.8. The number of hydrogen-bond donors (Lipinski definition) is 0. The molecular formula is C18H21N5O. The lowest BCUT2D eigenvalue weighted by molar-refractivity contribution is 0.0785. The van der Waals surface area contributed by atoms with Crippen LogP contribution in [0.5, 0.6) is 0 Å². The van der Waals surface area contributed by atoms with E-state index < -0.39 is 0 Å². The Morgan fingerprint density at radius 2 is 2.04 bits per heavy atom. The predicted molar refractivity (Wildman–Crippen MR) is 91.1 cm³/mol. The highest BCUT2D eigenvalue weighted by Crippen LogP contribution is 2.27. The van der Waals surface area contributed by atoms with E-state index in [1.807, 2.05) is 60.8 Å². The van der Waals surface area contributed by atoms with Gasteiger partial charge in [0.2, 0.25) is 0 Å². The number of fused-ring (bicyclic) bond motifs is 1. The van der Waals surface area contributed by atoms with Gasteiger partial charge < -0.3 is 13.9 Å². The highest BCUT2D eigenvalue weighted by Gasteiger charge is 2.31. The minimum atomic E-state index is 0.00605. The maximum atomic E-state index is 12.8. The second kappa shape index (κ2) is 5.47. The lowest BCUT2D eigenvalue weighted by atomic mass is 10.1. The van der Waals surface area contributed by atoms with E-state index in [-0.39, 0.29) is 5.91 Å². The van der Waals surface area contributed by atoms with E-state index in [4.69, 9.17) is 0 Å². The number of pyridine rings is 1. The number of aryl methyl sites for hydroxylation is 3. The maximum Gasteiger partial charge on any atom is 0.274 e. The second-order valence-electron chi connectivity index (χ2n) is 6.61. The topological polar surface area (TPSA) is 55.4 Å². The van der Waals surface area contributed by atoms with E-state index in [9.17, 15) is 4.79 Å². The van der Waals surface area contributed by atoms with E-state index in [1.54, 1.807) is 0 Å². The van der Waals surface area contributed by atoms with Crippen LogP contribution in [0.25, 0.3) is 5.65 Å². The first-order chi connectivity index (χ1) is 11.5. The Hall–Kier alpha value is -2.63. The standard InChI is InChI=1S/C18H21N5O/c1-12-9-21(3)17(19-12)14-7-8-22(10-14)18(24)15-11-23-13(2)5-4-6-16(23)20-15/h4-6,9,11,14H,7-8,10H2,1-3H3/t14-/m1/s1. The van der Waals surface area contributed by atoms with Crippen LogP contribution in [0, 0.1) is 13.8 Å². The molecule has 0 saturated carbocycles. The van der Waals surface area contributed by atoms with Gasteiger partial charge in [0, 0.05) is 44.1 Å². The van der Waals surface area contributed by atoms with Crippen molar-refractivity contribution in [3.63, 3.8) is 0 Å². The second-order valence-corrected chi connectivity index (χ2v) is 6.61. The van der Waals surface area contributed by atoms with Gasteiger partial charge in [-0.2, -0.15) is 0 Å². The third-order valence-electron chi connectivity index (χ3n) is 4.79. The highest BCUT2D eigenvalue weighted by atomic mass is 16.2. The summed E-state index contributed by atoms with van der Waals surface area (Å²) in [5.74, 6) is 1.37. The number of amides is 1. The summed E-state index contributed by atoms with van der Waals surface area (Å²) in [6.07, 6.45) is 4.82. The number of imidazole rings is 2. The molecule has 1 aliphatic rings. The number of likely N-dealkylation sites (tertiary alicyclic amines) is 1. The van der Waals surface area contributed by atoms with Crippen LogP contribution in [0.4, 0.5) is 0 Å². The molecule has 124 valence electrons. The molecule has 4 heterocycles. The van der Waals surface area contributed by atoms with Crippen molar-refractivity contribution in [2.24, 2.45) is 7.05 Å². The van der Waals surface area contributed by atoms with Crippen LogP contribution in [-0.2, 0) is 7.05 Å². The molecule has 0 N–H and O–H groups in total. The van der Waals surface area contributed by atoms with Crippen molar-refractivity contribution >= 4 is 11.6 Å². The zero-order valence-corrected chi connectivity index (χ0v) is 14.2. The zero-order chi connectivity index (χ0) is 16.8. The first-order valence-electron chi connectivity index (χ1n) is 8.27. The minimum Gasteiger partial charge on any atom is -0.337 e. The summed E-state index contributed by atoms with van der Waals surface area (Å²) in [5.41, 5.74) is 3.42. The summed E-state index contributed by atoms with van der Waals surface area (Å²) in [5, 5.41) is 0. The Bertz CT molecular complexity index is 923. The molecule has 1 amide bonds. The summed E-state index contributed by atoms with van der Waals surface area (Å²) in [7, 11) is 2.02. The van der Waals surface area contributed by atoms with Crippen LogP contribution < -0.4 is 0 Å². The van der Waals surface area contributed by atoms with Gasteiger partial charge in [0.25, 0.3) is 5.91 Å². The fourth-order valence-corrected chi connectivity index (χ4v) is 3.58. The first kappa shape index (κ1) is 14.9. The van der Waals surface area contributed by atoms with Gasteiger partial charge in [0.15, 0.2) is 0 Å².